The zero-order chi connectivity index (χ0) is 7.40. The summed E-state index contributed by atoms with van der Waals surface area (Å²) in [7, 11) is 0. The summed E-state index contributed by atoms with van der Waals surface area (Å²) in [5.41, 5.74) is 0. The molecule has 11 heavy (non-hydrogen) atoms. The van der Waals surface area contributed by atoms with Crippen LogP contribution >= 0.6 is 0 Å². The third-order valence-electron chi connectivity index (χ3n) is 1.97. The first-order valence-corrected chi connectivity index (χ1v) is 3.91. The Balaban J connectivity index is 0.000001000. The topological polar surface area (TPSA) is 31.2 Å². The molecule has 64 valence electrons. The zero-order valence-corrected chi connectivity index (χ0v) is 9.81. The van der Waals surface area contributed by atoms with Crippen molar-refractivity contribution in [3.05, 3.63) is 5.32 Å². The number of piperidine rings is 1. The van der Waals surface area contributed by atoms with Crippen molar-refractivity contribution >= 4 is 5.78 Å². The molecule has 0 amide bonds. The van der Waals surface area contributed by atoms with Crippen molar-refractivity contribution < 1.29 is 25.9 Å². The number of hydrogen-bond acceptors (Lipinski definition) is 1. The van der Waals surface area contributed by atoms with Crippen molar-refractivity contribution in [3.63, 3.8) is 0 Å². The van der Waals surface area contributed by atoms with E-state index in [1.165, 1.54) is 0 Å². The predicted molar refractivity (Wildman–Crippen MR) is 41.1 cm³/mol. The Hall–Kier alpha value is 0.318. The fourth-order valence-electron chi connectivity index (χ4n) is 1.41. The van der Waals surface area contributed by atoms with Gasteiger partial charge in [0.2, 0.25) is 0 Å². The number of rotatable bonds is 2. The molecule has 1 aliphatic heterocycles. The van der Waals surface area contributed by atoms with E-state index in [4.69, 9.17) is 0 Å². The van der Waals surface area contributed by atoms with E-state index in [1.54, 1.807) is 6.92 Å². The van der Waals surface area contributed by atoms with Crippen LogP contribution in [-0.4, -0.2) is 18.9 Å². The Morgan fingerprint density at radius 3 is 2.45 bits per heavy atom. The van der Waals surface area contributed by atoms with E-state index in [1.807, 2.05) is 0 Å². The predicted octanol–water partition coefficient (Wildman–Crippen LogP) is 1.75. The van der Waals surface area contributed by atoms with Crippen LogP contribution in [0.5, 0.6) is 0 Å². The maximum atomic E-state index is 10.7. The van der Waals surface area contributed by atoms with Crippen molar-refractivity contribution in [1.29, 1.82) is 0 Å². The van der Waals surface area contributed by atoms with Crippen LogP contribution in [0.15, 0.2) is 0 Å². The van der Waals surface area contributed by atoms with Gasteiger partial charge in [-0.2, -0.15) is 0 Å². The Labute approximate surface area is 82.4 Å². The molecule has 3 heteroatoms. The molecule has 1 rings (SSSR count). The van der Waals surface area contributed by atoms with E-state index in [0.717, 1.165) is 32.4 Å². The number of carbonyl (C=O) groups excluding carboxylic acids is 1. The van der Waals surface area contributed by atoms with Gasteiger partial charge in [-0.05, 0) is 12.8 Å². The average molecular weight is 324 g/mol. The summed E-state index contributed by atoms with van der Waals surface area (Å²) in [6.07, 6.45) is 3.02. The molecule has 0 aromatic heterocycles. The number of Topliss-reactive ketones (excluding diaryl/α,β-unsaturated/α-hetero) is 1. The summed E-state index contributed by atoms with van der Waals surface area (Å²) >= 11 is 0. The summed E-state index contributed by atoms with van der Waals surface area (Å²) in [5.74, 6) is 0.960. The summed E-state index contributed by atoms with van der Waals surface area (Å²) in [6, 6.07) is 0. The van der Waals surface area contributed by atoms with Crippen LogP contribution < -0.4 is 0 Å². The summed E-state index contributed by atoms with van der Waals surface area (Å²) < 4.78 is 0. The maximum absolute atomic E-state index is 10.7. The summed E-state index contributed by atoms with van der Waals surface area (Å²) in [6.45, 7) is 3.61. The second kappa shape index (κ2) is 5.90. The molecule has 0 aromatic carbocycles. The van der Waals surface area contributed by atoms with Crippen molar-refractivity contribution in [1.82, 2.24) is 0 Å². The molecular formula is C8H14NOW-. The molecule has 0 bridgehead atoms. The third-order valence-corrected chi connectivity index (χ3v) is 1.97. The Bertz CT molecular complexity index is 121. The largest absolute Gasteiger partial charge is 0.662 e. The van der Waals surface area contributed by atoms with E-state index >= 15 is 0 Å². The van der Waals surface area contributed by atoms with E-state index < -0.39 is 0 Å². The normalized spacial score (nSPS) is 19.0. The molecule has 1 aliphatic rings. The quantitative estimate of drug-likeness (QED) is 0.761. The Morgan fingerprint density at radius 2 is 2.00 bits per heavy atom. The zero-order valence-electron chi connectivity index (χ0n) is 6.88. The number of ketones is 1. The van der Waals surface area contributed by atoms with Gasteiger partial charge in [-0.15, -0.1) is 13.1 Å². The van der Waals surface area contributed by atoms with Crippen LogP contribution in [-0.2, 0) is 25.9 Å². The Kier molecular flexibility index (Phi) is 6.08. The second-order valence-corrected chi connectivity index (χ2v) is 3.02. The van der Waals surface area contributed by atoms with Crippen LogP contribution in [0.25, 0.3) is 5.32 Å². The van der Waals surface area contributed by atoms with Gasteiger partial charge in [0.25, 0.3) is 0 Å². The van der Waals surface area contributed by atoms with Crippen LogP contribution in [0.1, 0.15) is 26.2 Å². The second-order valence-electron chi connectivity index (χ2n) is 3.02. The van der Waals surface area contributed by atoms with Crippen LogP contribution in [0, 0.1) is 5.92 Å². The minimum atomic E-state index is 0. The van der Waals surface area contributed by atoms with Crippen molar-refractivity contribution in [3.8, 4) is 0 Å². The van der Waals surface area contributed by atoms with Gasteiger partial charge in [0, 0.05) is 27.5 Å². The first-order chi connectivity index (χ1) is 4.79. The van der Waals surface area contributed by atoms with E-state index in [0.29, 0.717) is 11.7 Å². The number of carbonyl (C=O) groups is 1. The molecular weight excluding hydrogens is 310 g/mol. The Morgan fingerprint density at radius 1 is 1.45 bits per heavy atom. The molecule has 0 N–H and O–H groups in total. The molecule has 0 saturated carbocycles. The standard InChI is InChI=1S/C8H14NO.W/c1-7(10)6-8-2-4-9-5-3-8;/h8H,2-6H2,1H3;/q-1;. The van der Waals surface area contributed by atoms with Gasteiger partial charge >= 0.3 is 0 Å². The van der Waals surface area contributed by atoms with Gasteiger partial charge in [-0.1, -0.05) is 12.8 Å². The van der Waals surface area contributed by atoms with Crippen molar-refractivity contribution in [2.45, 2.75) is 26.2 Å². The molecule has 2 nitrogen and oxygen atoms in total. The summed E-state index contributed by atoms with van der Waals surface area (Å²) in [5, 5.41) is 4.22. The first-order valence-electron chi connectivity index (χ1n) is 3.91. The molecule has 1 heterocycles. The summed E-state index contributed by atoms with van der Waals surface area (Å²) in [4.78, 5) is 10.7. The molecule has 1 saturated heterocycles. The molecule has 0 aliphatic carbocycles. The van der Waals surface area contributed by atoms with Gasteiger partial charge in [0.05, 0.1) is 0 Å². The van der Waals surface area contributed by atoms with Gasteiger partial charge in [-0.3, -0.25) is 0 Å². The van der Waals surface area contributed by atoms with E-state index in [9.17, 15) is 4.79 Å². The van der Waals surface area contributed by atoms with Crippen LogP contribution in [0.4, 0.5) is 0 Å². The average Bonchev–Trinajstić information content (AvgIpc) is 1.88. The minimum absolute atomic E-state index is 0. The molecule has 0 unspecified atom stereocenters. The van der Waals surface area contributed by atoms with Crippen LogP contribution in [0.3, 0.4) is 0 Å². The van der Waals surface area contributed by atoms with E-state index in [-0.39, 0.29) is 21.1 Å². The molecule has 0 aromatic rings. The molecule has 1 fully saturated rings. The van der Waals surface area contributed by atoms with Gasteiger partial charge in [0.15, 0.2) is 0 Å². The number of nitrogens with zero attached hydrogens (tertiary/aromatic N) is 1. The third kappa shape index (κ3) is 4.71. The maximum Gasteiger partial charge on any atom is 0.130 e. The van der Waals surface area contributed by atoms with E-state index in [2.05, 4.69) is 5.32 Å². The fraction of sp³-hybridized carbons (Fsp3) is 0.875. The van der Waals surface area contributed by atoms with Crippen molar-refractivity contribution in [2.24, 2.45) is 5.92 Å². The smallest absolute Gasteiger partial charge is 0.130 e. The fourth-order valence-corrected chi connectivity index (χ4v) is 1.41. The van der Waals surface area contributed by atoms with Gasteiger partial charge < -0.3 is 10.1 Å². The SMILES string of the molecule is CC(=O)CC1CC[N-]CC1.[W]. The number of hydrogen-bond donors (Lipinski definition) is 0. The molecule has 0 radical (unpaired) electrons. The molecule has 0 atom stereocenters. The van der Waals surface area contributed by atoms with Gasteiger partial charge in [-0.25, -0.2) is 0 Å². The monoisotopic (exact) mass is 324 g/mol. The first kappa shape index (κ1) is 11.3. The van der Waals surface area contributed by atoms with Crippen molar-refractivity contribution in [2.75, 3.05) is 13.1 Å². The molecule has 0 spiro atoms. The van der Waals surface area contributed by atoms with Crippen LogP contribution in [0.2, 0.25) is 0 Å². The minimum Gasteiger partial charge on any atom is -0.662 e. The van der Waals surface area contributed by atoms with Gasteiger partial charge in [0.1, 0.15) is 5.78 Å².